The second kappa shape index (κ2) is 7.60. The molecule has 0 aliphatic rings. The van der Waals surface area contributed by atoms with Crippen LogP contribution in [0.4, 0.5) is 4.39 Å². The van der Waals surface area contributed by atoms with Gasteiger partial charge >= 0.3 is 0 Å². The number of pyridine rings is 2. The predicted octanol–water partition coefficient (Wildman–Crippen LogP) is 4.56. The van der Waals surface area contributed by atoms with E-state index < -0.39 is 5.82 Å². The maximum absolute atomic E-state index is 14.3. The first-order valence-electron chi connectivity index (χ1n) is 9.15. The van der Waals surface area contributed by atoms with Crippen molar-refractivity contribution in [1.29, 1.82) is 0 Å². The largest absolute Gasteiger partial charge is 0.470 e. The summed E-state index contributed by atoms with van der Waals surface area (Å²) < 4.78 is 20.0. The fraction of sp³-hybridized carbons (Fsp3) is 0.0952. The first-order chi connectivity index (χ1) is 14.7. The fourth-order valence-corrected chi connectivity index (χ4v) is 4.05. The Hall–Kier alpha value is -3.72. The van der Waals surface area contributed by atoms with E-state index in [4.69, 9.17) is 9.72 Å². The number of aryl methyl sites for hydroxylation is 1. The van der Waals surface area contributed by atoms with E-state index >= 15 is 0 Å². The molecule has 0 aliphatic heterocycles. The molecule has 0 spiro atoms. The van der Waals surface area contributed by atoms with Gasteiger partial charge in [-0.25, -0.2) is 19.3 Å². The number of benzene rings is 1. The monoisotopic (exact) mass is 418 g/mol. The van der Waals surface area contributed by atoms with Crippen molar-refractivity contribution in [3.05, 3.63) is 71.2 Å². The number of H-pyrrole nitrogens is 1. The second-order valence-corrected chi connectivity index (χ2v) is 7.64. The third kappa shape index (κ3) is 3.50. The van der Waals surface area contributed by atoms with E-state index in [1.807, 2.05) is 37.3 Å². The molecule has 0 atom stereocenters. The summed E-state index contributed by atoms with van der Waals surface area (Å²) >= 11 is 1.52. The molecule has 0 fully saturated rings. The normalized spacial score (nSPS) is 11.1. The first-order valence-corrected chi connectivity index (χ1v) is 9.97. The van der Waals surface area contributed by atoms with Crippen LogP contribution in [0.3, 0.4) is 0 Å². The number of nitrogens with zero attached hydrogens (tertiary/aromatic N) is 5. The van der Waals surface area contributed by atoms with Crippen LogP contribution in [0.15, 0.2) is 54.7 Å². The zero-order chi connectivity index (χ0) is 20.5. The number of ether oxygens (including phenoxy) is 1. The van der Waals surface area contributed by atoms with E-state index in [1.54, 1.807) is 18.3 Å². The van der Waals surface area contributed by atoms with Crippen LogP contribution in [0.2, 0.25) is 0 Å². The van der Waals surface area contributed by atoms with Crippen LogP contribution >= 0.6 is 11.3 Å². The number of aromatic nitrogens is 6. The van der Waals surface area contributed by atoms with Crippen molar-refractivity contribution in [1.82, 2.24) is 30.4 Å². The molecule has 148 valence electrons. The van der Waals surface area contributed by atoms with Gasteiger partial charge in [0.05, 0.1) is 27.5 Å². The maximum Gasteiger partial charge on any atom is 0.213 e. The summed E-state index contributed by atoms with van der Waals surface area (Å²) in [7, 11) is 0. The minimum absolute atomic E-state index is 0.214. The number of nitrogens with one attached hydrogen (secondary N) is 1. The Morgan fingerprint density at radius 2 is 1.97 bits per heavy atom. The Balaban J connectivity index is 1.44. The highest BCUT2D eigenvalue weighted by Gasteiger charge is 2.14. The Kier molecular flexibility index (Phi) is 4.64. The van der Waals surface area contributed by atoms with Crippen molar-refractivity contribution in [3.8, 4) is 27.7 Å². The molecular formula is C21H15FN6OS. The molecule has 4 heterocycles. The molecule has 1 aromatic carbocycles. The summed E-state index contributed by atoms with van der Waals surface area (Å²) in [4.78, 5) is 14.4. The smallest absolute Gasteiger partial charge is 0.213 e. The van der Waals surface area contributed by atoms with Gasteiger partial charge in [0, 0.05) is 17.8 Å². The van der Waals surface area contributed by atoms with Gasteiger partial charge in [-0.3, -0.25) is 5.10 Å². The van der Waals surface area contributed by atoms with Gasteiger partial charge in [-0.2, -0.15) is 0 Å². The van der Waals surface area contributed by atoms with Crippen molar-refractivity contribution in [3.63, 3.8) is 0 Å². The lowest BCUT2D eigenvalue weighted by Gasteiger charge is -2.05. The quantitative estimate of drug-likeness (QED) is 0.450. The number of aromatic amines is 1. The van der Waals surface area contributed by atoms with E-state index in [9.17, 15) is 4.39 Å². The molecule has 0 aliphatic carbocycles. The van der Waals surface area contributed by atoms with Crippen molar-refractivity contribution >= 4 is 22.4 Å². The average Bonchev–Trinajstić information content (AvgIpc) is 3.40. The van der Waals surface area contributed by atoms with E-state index in [0.29, 0.717) is 29.3 Å². The summed E-state index contributed by atoms with van der Waals surface area (Å²) in [6.07, 6.45) is 1.68. The molecule has 0 amide bonds. The lowest BCUT2D eigenvalue weighted by Crippen LogP contribution is -1.96. The highest BCUT2D eigenvalue weighted by atomic mass is 32.1. The highest BCUT2D eigenvalue weighted by Crippen LogP contribution is 2.31. The lowest BCUT2D eigenvalue weighted by atomic mass is 10.1. The Morgan fingerprint density at radius 3 is 2.83 bits per heavy atom. The van der Waals surface area contributed by atoms with Crippen molar-refractivity contribution in [2.75, 3.05) is 0 Å². The number of fused-ring (bicyclic) bond motifs is 1. The van der Waals surface area contributed by atoms with Crippen LogP contribution in [0.1, 0.15) is 10.7 Å². The van der Waals surface area contributed by atoms with Gasteiger partial charge < -0.3 is 4.74 Å². The number of thiazole rings is 1. The first kappa shape index (κ1) is 18.3. The molecule has 0 radical (unpaired) electrons. The van der Waals surface area contributed by atoms with Crippen LogP contribution in [0, 0.1) is 12.7 Å². The molecule has 0 saturated heterocycles. The van der Waals surface area contributed by atoms with Crippen LogP contribution in [0.5, 0.6) is 5.88 Å². The standard InChI is InChI=1S/C21H15FN6OS/c1-12-21(30-19(24-12)11-29-18-7-2-3-8-23-18)16-6-4-5-15(25-16)13-9-14(22)20-17(10-13)26-28-27-20/h2-10H,11H2,1H3,(H,26,27,28). The van der Waals surface area contributed by atoms with Gasteiger partial charge in [-0.05, 0) is 37.3 Å². The SMILES string of the molecule is Cc1nc(COc2ccccn2)sc1-c1cccc(-c2cc(F)c3nn[nH]c3c2)n1. The summed E-state index contributed by atoms with van der Waals surface area (Å²) in [6, 6.07) is 14.4. The molecule has 1 N–H and O–H groups in total. The number of rotatable bonds is 5. The van der Waals surface area contributed by atoms with Gasteiger partial charge in [0.1, 0.15) is 17.1 Å². The molecule has 7 nitrogen and oxygen atoms in total. The third-order valence-corrected chi connectivity index (χ3v) is 5.64. The summed E-state index contributed by atoms with van der Waals surface area (Å²) in [5.74, 6) is 0.115. The van der Waals surface area contributed by atoms with E-state index in [2.05, 4.69) is 25.4 Å². The Morgan fingerprint density at radius 1 is 1.07 bits per heavy atom. The minimum atomic E-state index is -0.439. The molecular weight excluding hydrogens is 403 g/mol. The van der Waals surface area contributed by atoms with E-state index in [-0.39, 0.29) is 5.52 Å². The van der Waals surface area contributed by atoms with Crippen molar-refractivity contribution in [2.24, 2.45) is 0 Å². The fourth-order valence-electron chi connectivity index (χ4n) is 3.10. The summed E-state index contributed by atoms with van der Waals surface area (Å²) in [5, 5.41) is 10.9. The summed E-state index contributed by atoms with van der Waals surface area (Å²) in [6.45, 7) is 2.27. The predicted molar refractivity (Wildman–Crippen MR) is 111 cm³/mol. The topological polar surface area (TPSA) is 89.5 Å². The maximum atomic E-state index is 14.3. The Bertz CT molecular complexity index is 1330. The molecule has 0 saturated carbocycles. The average molecular weight is 418 g/mol. The van der Waals surface area contributed by atoms with Gasteiger partial charge in [0.25, 0.3) is 0 Å². The van der Waals surface area contributed by atoms with Gasteiger partial charge in [0.15, 0.2) is 5.82 Å². The minimum Gasteiger partial charge on any atom is -0.470 e. The van der Waals surface area contributed by atoms with E-state index in [1.165, 1.54) is 17.4 Å². The lowest BCUT2D eigenvalue weighted by molar-refractivity contribution is 0.293. The summed E-state index contributed by atoms with van der Waals surface area (Å²) in [5.41, 5.74) is 3.68. The molecule has 5 aromatic rings. The Labute approximate surface area is 174 Å². The zero-order valence-electron chi connectivity index (χ0n) is 15.8. The molecule has 5 rings (SSSR count). The number of hydrogen-bond acceptors (Lipinski definition) is 7. The number of halogens is 1. The molecule has 0 bridgehead atoms. The van der Waals surface area contributed by atoms with Gasteiger partial charge in [-0.15, -0.1) is 16.4 Å². The molecule has 30 heavy (non-hydrogen) atoms. The van der Waals surface area contributed by atoms with Crippen LogP contribution in [-0.2, 0) is 6.61 Å². The molecule has 0 unspecified atom stereocenters. The van der Waals surface area contributed by atoms with E-state index in [0.717, 1.165) is 21.3 Å². The van der Waals surface area contributed by atoms with Gasteiger partial charge in [-0.1, -0.05) is 17.3 Å². The van der Waals surface area contributed by atoms with Crippen molar-refractivity contribution in [2.45, 2.75) is 13.5 Å². The van der Waals surface area contributed by atoms with Crippen molar-refractivity contribution < 1.29 is 9.13 Å². The van der Waals surface area contributed by atoms with Gasteiger partial charge in [0.2, 0.25) is 5.88 Å². The highest BCUT2D eigenvalue weighted by molar-refractivity contribution is 7.15. The number of hydrogen-bond donors (Lipinski definition) is 1. The molecule has 9 heteroatoms. The van der Waals surface area contributed by atoms with Crippen LogP contribution < -0.4 is 4.74 Å². The van der Waals surface area contributed by atoms with Crippen LogP contribution in [0.25, 0.3) is 32.9 Å². The molecule has 4 aromatic heterocycles. The van der Waals surface area contributed by atoms with Crippen LogP contribution in [-0.4, -0.2) is 30.4 Å². The third-order valence-electron chi connectivity index (χ3n) is 4.48. The zero-order valence-corrected chi connectivity index (χ0v) is 16.7. The second-order valence-electron chi connectivity index (χ2n) is 6.55.